The van der Waals surface area contributed by atoms with Crippen molar-refractivity contribution in [1.29, 1.82) is 0 Å². The van der Waals surface area contributed by atoms with Gasteiger partial charge in [-0.3, -0.25) is 14.9 Å². The van der Waals surface area contributed by atoms with E-state index >= 15 is 0 Å². The van der Waals surface area contributed by atoms with Crippen molar-refractivity contribution in [2.75, 3.05) is 19.0 Å². The molecule has 2 atom stereocenters. The van der Waals surface area contributed by atoms with E-state index in [0.29, 0.717) is 5.69 Å². The summed E-state index contributed by atoms with van der Waals surface area (Å²) in [5.74, 6) is 0.223. The molecule has 1 amide bonds. The predicted molar refractivity (Wildman–Crippen MR) is 87.8 cm³/mol. The number of nitro benzene ring substituents is 1. The summed E-state index contributed by atoms with van der Waals surface area (Å²) in [5.41, 5.74) is 0.527. The monoisotopic (exact) mass is 321 g/mol. The summed E-state index contributed by atoms with van der Waals surface area (Å²) < 4.78 is 5.05. The minimum Gasteiger partial charge on any atom is -0.490 e. The van der Waals surface area contributed by atoms with Gasteiger partial charge >= 0.3 is 5.69 Å². The second-order valence-corrected chi connectivity index (χ2v) is 5.89. The van der Waals surface area contributed by atoms with Gasteiger partial charge in [-0.05, 0) is 39.2 Å². The van der Waals surface area contributed by atoms with Gasteiger partial charge in [-0.25, -0.2) is 0 Å². The molecule has 126 valence electrons. The van der Waals surface area contributed by atoms with E-state index in [1.165, 1.54) is 13.2 Å². The zero-order valence-corrected chi connectivity index (χ0v) is 13.7. The first-order valence-corrected chi connectivity index (χ1v) is 7.83. The summed E-state index contributed by atoms with van der Waals surface area (Å²) in [4.78, 5) is 24.9. The van der Waals surface area contributed by atoms with Gasteiger partial charge in [0, 0.05) is 30.4 Å². The number of amides is 1. The number of carbonyl (C=O) groups is 1. The van der Waals surface area contributed by atoms with Crippen LogP contribution in [-0.2, 0) is 4.79 Å². The molecule has 1 aromatic carbocycles. The molecule has 0 aromatic heterocycles. The minimum absolute atomic E-state index is 0.0505. The Balaban J connectivity index is 2.08. The highest BCUT2D eigenvalue weighted by Gasteiger charge is 2.27. The van der Waals surface area contributed by atoms with E-state index in [4.69, 9.17) is 4.74 Å². The molecule has 0 unspecified atom stereocenters. The number of likely N-dealkylation sites (tertiary alicyclic amines) is 1. The van der Waals surface area contributed by atoms with Crippen molar-refractivity contribution < 1.29 is 14.5 Å². The van der Waals surface area contributed by atoms with Gasteiger partial charge < -0.3 is 15.0 Å². The molecule has 1 heterocycles. The maximum Gasteiger partial charge on any atom is 0.311 e. The van der Waals surface area contributed by atoms with Crippen LogP contribution >= 0.6 is 0 Å². The van der Waals surface area contributed by atoms with Crippen LogP contribution in [0.2, 0.25) is 0 Å². The lowest BCUT2D eigenvalue weighted by molar-refractivity contribution is -0.385. The van der Waals surface area contributed by atoms with Gasteiger partial charge in [-0.15, -0.1) is 0 Å². The normalized spacial score (nSPS) is 19.1. The van der Waals surface area contributed by atoms with Gasteiger partial charge in [0.1, 0.15) is 6.04 Å². The number of methoxy groups -OCH3 is 1. The number of rotatable bonds is 5. The Morgan fingerprint density at radius 3 is 2.83 bits per heavy atom. The van der Waals surface area contributed by atoms with Crippen LogP contribution in [0.4, 0.5) is 11.4 Å². The van der Waals surface area contributed by atoms with Gasteiger partial charge in [-0.2, -0.15) is 0 Å². The van der Waals surface area contributed by atoms with Gasteiger partial charge in [0.25, 0.3) is 0 Å². The molecule has 2 rings (SSSR count). The highest BCUT2D eigenvalue weighted by atomic mass is 16.6. The van der Waals surface area contributed by atoms with Crippen LogP contribution in [0.1, 0.15) is 33.1 Å². The second kappa shape index (κ2) is 7.30. The molecule has 7 heteroatoms. The molecule has 1 fully saturated rings. The first kappa shape index (κ1) is 17.1. The lowest BCUT2D eigenvalue weighted by Crippen LogP contribution is -2.48. The van der Waals surface area contributed by atoms with E-state index in [0.717, 1.165) is 25.8 Å². The van der Waals surface area contributed by atoms with Gasteiger partial charge in [0.2, 0.25) is 5.91 Å². The second-order valence-electron chi connectivity index (χ2n) is 5.89. The summed E-state index contributed by atoms with van der Waals surface area (Å²) in [6.07, 6.45) is 3.23. The topological polar surface area (TPSA) is 84.7 Å². The zero-order chi connectivity index (χ0) is 17.0. The van der Waals surface area contributed by atoms with Crippen LogP contribution in [0.15, 0.2) is 18.2 Å². The van der Waals surface area contributed by atoms with Crippen molar-refractivity contribution in [3.05, 3.63) is 28.3 Å². The Labute approximate surface area is 135 Å². The van der Waals surface area contributed by atoms with Crippen molar-refractivity contribution in [3.8, 4) is 5.75 Å². The number of piperidine rings is 1. The molecule has 1 N–H and O–H groups in total. The molecular formula is C16H23N3O4. The Bertz CT molecular complexity index is 591. The highest BCUT2D eigenvalue weighted by molar-refractivity contribution is 5.84. The lowest BCUT2D eigenvalue weighted by atomic mass is 10.0. The fraction of sp³-hybridized carbons (Fsp3) is 0.562. The van der Waals surface area contributed by atoms with Gasteiger partial charge in [0.15, 0.2) is 5.75 Å². The lowest BCUT2D eigenvalue weighted by Gasteiger charge is -2.35. The molecule has 0 radical (unpaired) electrons. The van der Waals surface area contributed by atoms with Crippen LogP contribution < -0.4 is 10.1 Å². The summed E-state index contributed by atoms with van der Waals surface area (Å²) in [6.45, 7) is 4.66. The van der Waals surface area contributed by atoms with Crippen molar-refractivity contribution in [2.24, 2.45) is 0 Å². The van der Waals surface area contributed by atoms with Gasteiger partial charge in [-0.1, -0.05) is 0 Å². The molecule has 1 saturated heterocycles. The van der Waals surface area contributed by atoms with Crippen LogP contribution in [-0.4, -0.2) is 41.5 Å². The number of nitro groups is 1. The Morgan fingerprint density at radius 2 is 2.22 bits per heavy atom. The SMILES string of the molecule is COc1cc(N[C@H](C)C(=O)N2CCCC[C@@H]2C)ccc1[N+](=O)[O-]. The van der Waals surface area contributed by atoms with Crippen LogP contribution in [0.25, 0.3) is 0 Å². The van der Waals surface area contributed by atoms with Crippen molar-refractivity contribution in [1.82, 2.24) is 4.90 Å². The summed E-state index contributed by atoms with van der Waals surface area (Å²) >= 11 is 0. The number of carbonyl (C=O) groups excluding carboxylic acids is 1. The molecule has 0 spiro atoms. The van der Waals surface area contributed by atoms with E-state index in [1.54, 1.807) is 19.1 Å². The molecule has 1 aromatic rings. The van der Waals surface area contributed by atoms with E-state index in [1.807, 2.05) is 4.90 Å². The number of ether oxygens (including phenoxy) is 1. The zero-order valence-electron chi connectivity index (χ0n) is 13.7. The number of nitrogens with one attached hydrogen (secondary N) is 1. The van der Waals surface area contributed by atoms with Crippen LogP contribution in [0.3, 0.4) is 0 Å². The fourth-order valence-corrected chi connectivity index (χ4v) is 2.90. The summed E-state index contributed by atoms with van der Waals surface area (Å²) in [6, 6.07) is 4.36. The molecular weight excluding hydrogens is 298 g/mol. The molecule has 7 nitrogen and oxygen atoms in total. The third-order valence-electron chi connectivity index (χ3n) is 4.22. The van der Waals surface area contributed by atoms with E-state index in [9.17, 15) is 14.9 Å². The number of benzene rings is 1. The quantitative estimate of drug-likeness (QED) is 0.666. The molecule has 23 heavy (non-hydrogen) atoms. The highest BCUT2D eigenvalue weighted by Crippen LogP contribution is 2.30. The Morgan fingerprint density at radius 1 is 1.48 bits per heavy atom. The minimum atomic E-state index is -0.493. The maximum absolute atomic E-state index is 12.6. The van der Waals surface area contributed by atoms with Crippen LogP contribution in [0.5, 0.6) is 5.75 Å². The third-order valence-corrected chi connectivity index (χ3v) is 4.22. The summed E-state index contributed by atoms with van der Waals surface area (Å²) in [7, 11) is 1.39. The molecule has 1 aliphatic rings. The van der Waals surface area contributed by atoms with Crippen molar-refractivity contribution in [2.45, 2.75) is 45.2 Å². The molecule has 1 aliphatic heterocycles. The number of nitrogens with zero attached hydrogens (tertiary/aromatic N) is 2. The van der Waals surface area contributed by atoms with Crippen molar-refractivity contribution >= 4 is 17.3 Å². The first-order valence-electron chi connectivity index (χ1n) is 7.83. The van der Waals surface area contributed by atoms with Gasteiger partial charge in [0.05, 0.1) is 12.0 Å². The molecule has 0 aliphatic carbocycles. The fourth-order valence-electron chi connectivity index (χ4n) is 2.90. The molecule has 0 saturated carbocycles. The number of anilines is 1. The largest absolute Gasteiger partial charge is 0.490 e. The first-order chi connectivity index (χ1) is 10.9. The number of hydrogen-bond donors (Lipinski definition) is 1. The predicted octanol–water partition coefficient (Wildman–Crippen LogP) is 2.80. The Kier molecular flexibility index (Phi) is 5.41. The van der Waals surface area contributed by atoms with Crippen LogP contribution in [0, 0.1) is 10.1 Å². The number of hydrogen-bond acceptors (Lipinski definition) is 5. The average molecular weight is 321 g/mol. The maximum atomic E-state index is 12.6. The average Bonchev–Trinajstić information content (AvgIpc) is 2.54. The van der Waals surface area contributed by atoms with E-state index < -0.39 is 11.0 Å². The molecule has 0 bridgehead atoms. The summed E-state index contributed by atoms with van der Waals surface area (Å²) in [5, 5.41) is 14.0. The third kappa shape index (κ3) is 3.91. The van der Waals surface area contributed by atoms with E-state index in [-0.39, 0.29) is 23.4 Å². The smallest absolute Gasteiger partial charge is 0.311 e. The standard InChI is InChI=1S/C16H23N3O4/c1-11-6-4-5-9-18(11)16(20)12(2)17-13-7-8-14(19(21)22)15(10-13)23-3/h7-8,10-12,17H,4-6,9H2,1-3H3/t11-,12+/m0/s1. The Hall–Kier alpha value is -2.31. The van der Waals surface area contributed by atoms with Crippen molar-refractivity contribution in [3.63, 3.8) is 0 Å². The van der Waals surface area contributed by atoms with E-state index in [2.05, 4.69) is 12.2 Å².